The van der Waals surface area contributed by atoms with Gasteiger partial charge in [-0.25, -0.2) is 4.79 Å². The minimum atomic E-state index is -0.774. The summed E-state index contributed by atoms with van der Waals surface area (Å²) in [6.45, 7) is 5.84. The van der Waals surface area contributed by atoms with Gasteiger partial charge in [-0.1, -0.05) is 30.2 Å². The fourth-order valence-electron chi connectivity index (χ4n) is 3.73. The maximum Gasteiger partial charge on any atom is 0.414 e. The number of carbonyl (C=O) groups is 3. The highest BCUT2D eigenvalue weighted by Crippen LogP contribution is 2.37. The Kier molecular flexibility index (Phi) is 7.26. The molecule has 0 unspecified atom stereocenters. The molecule has 1 aromatic heterocycles. The molecule has 6 nitrogen and oxygen atoms in total. The second-order valence-corrected chi connectivity index (χ2v) is 8.70. The molecule has 3 amide bonds. The molecule has 1 heterocycles. The number of hydrogen-bond acceptors (Lipinski definition) is 5. The molecule has 0 aliphatic heterocycles. The van der Waals surface area contributed by atoms with Crippen molar-refractivity contribution in [3.63, 3.8) is 0 Å². The van der Waals surface area contributed by atoms with Gasteiger partial charge >= 0.3 is 6.09 Å². The molecule has 1 aromatic carbocycles. The summed E-state index contributed by atoms with van der Waals surface area (Å²) in [5, 5.41) is 5.74. The van der Waals surface area contributed by atoms with Crippen molar-refractivity contribution in [3.8, 4) is 0 Å². The van der Waals surface area contributed by atoms with Crippen LogP contribution in [0.15, 0.2) is 18.2 Å². The molecule has 160 valence electrons. The minimum Gasteiger partial charge on any atom is -0.450 e. The van der Waals surface area contributed by atoms with Gasteiger partial charge in [0.15, 0.2) is 0 Å². The number of fused-ring (bicyclic) bond motifs is 1. The van der Waals surface area contributed by atoms with E-state index in [0.717, 1.165) is 59.2 Å². The van der Waals surface area contributed by atoms with Crippen molar-refractivity contribution in [2.45, 2.75) is 59.3 Å². The monoisotopic (exact) mass is 428 g/mol. The van der Waals surface area contributed by atoms with Gasteiger partial charge in [0.05, 0.1) is 18.6 Å². The average molecular weight is 429 g/mol. The number of amides is 3. The Hall–Kier alpha value is -2.67. The zero-order valence-corrected chi connectivity index (χ0v) is 18.5. The van der Waals surface area contributed by atoms with Crippen LogP contribution in [0.2, 0.25) is 0 Å². The van der Waals surface area contributed by atoms with Gasteiger partial charge in [0.2, 0.25) is 5.91 Å². The van der Waals surface area contributed by atoms with E-state index in [2.05, 4.69) is 10.6 Å². The number of carbonyl (C=O) groups excluding carboxylic acids is 3. The van der Waals surface area contributed by atoms with Crippen molar-refractivity contribution < 1.29 is 19.1 Å². The molecule has 7 heteroatoms. The number of imide groups is 1. The minimum absolute atomic E-state index is 0.176. The first-order valence-corrected chi connectivity index (χ1v) is 11.2. The maximum absolute atomic E-state index is 12.9. The predicted molar refractivity (Wildman–Crippen MR) is 118 cm³/mol. The zero-order chi connectivity index (χ0) is 21.7. The van der Waals surface area contributed by atoms with Crippen molar-refractivity contribution in [1.82, 2.24) is 5.32 Å². The van der Waals surface area contributed by atoms with Crippen LogP contribution in [-0.4, -0.2) is 24.5 Å². The lowest BCUT2D eigenvalue weighted by Crippen LogP contribution is -2.32. The first kappa shape index (κ1) is 22.0. The molecule has 2 N–H and O–H groups in total. The lowest BCUT2D eigenvalue weighted by Gasteiger charge is -2.10. The third kappa shape index (κ3) is 5.27. The number of ether oxygens (including phenoxy) is 1. The second-order valence-electron chi connectivity index (χ2n) is 7.60. The maximum atomic E-state index is 12.9. The summed E-state index contributed by atoms with van der Waals surface area (Å²) < 4.78 is 4.85. The lowest BCUT2D eigenvalue weighted by atomic mass is 10.0. The molecular weight excluding hydrogens is 400 g/mol. The van der Waals surface area contributed by atoms with Crippen LogP contribution in [0.4, 0.5) is 9.80 Å². The molecule has 0 bridgehead atoms. The van der Waals surface area contributed by atoms with Crippen molar-refractivity contribution in [1.29, 1.82) is 0 Å². The van der Waals surface area contributed by atoms with E-state index in [9.17, 15) is 14.4 Å². The van der Waals surface area contributed by atoms with Crippen molar-refractivity contribution >= 4 is 34.2 Å². The van der Waals surface area contributed by atoms with Gasteiger partial charge in [-0.3, -0.25) is 14.9 Å². The smallest absolute Gasteiger partial charge is 0.414 e. The van der Waals surface area contributed by atoms with Crippen LogP contribution in [0, 0.1) is 13.8 Å². The summed E-state index contributed by atoms with van der Waals surface area (Å²) >= 11 is 1.45. The zero-order valence-electron chi connectivity index (χ0n) is 17.7. The molecule has 3 rings (SSSR count). The number of anilines is 1. The summed E-state index contributed by atoms with van der Waals surface area (Å²) in [7, 11) is 0. The fraction of sp³-hybridized carbons (Fsp3) is 0.435. The number of hydrogen-bond donors (Lipinski definition) is 2. The highest BCUT2D eigenvalue weighted by molar-refractivity contribution is 7.17. The van der Waals surface area contributed by atoms with Crippen LogP contribution in [0.1, 0.15) is 63.7 Å². The van der Waals surface area contributed by atoms with Crippen LogP contribution < -0.4 is 10.6 Å². The van der Waals surface area contributed by atoms with E-state index < -0.39 is 12.0 Å². The highest BCUT2D eigenvalue weighted by atomic mass is 32.1. The molecule has 0 radical (unpaired) electrons. The van der Waals surface area contributed by atoms with Gasteiger partial charge in [-0.2, -0.15) is 0 Å². The molecule has 0 saturated heterocycles. The Morgan fingerprint density at radius 1 is 1.10 bits per heavy atom. The van der Waals surface area contributed by atoms with Gasteiger partial charge in [-0.05, 0) is 63.1 Å². The first-order chi connectivity index (χ1) is 14.4. The van der Waals surface area contributed by atoms with Crippen LogP contribution in [-0.2, 0) is 28.8 Å². The quantitative estimate of drug-likeness (QED) is 0.676. The third-order valence-electron chi connectivity index (χ3n) is 5.25. The van der Waals surface area contributed by atoms with Crippen LogP contribution in [0.5, 0.6) is 0 Å². The number of benzene rings is 1. The molecule has 0 saturated carbocycles. The molecule has 1 aliphatic rings. The number of aryl methyl sites for hydroxylation is 3. The van der Waals surface area contributed by atoms with Crippen molar-refractivity contribution in [2.75, 3.05) is 11.9 Å². The fourth-order valence-corrected chi connectivity index (χ4v) is 5.03. The van der Waals surface area contributed by atoms with E-state index in [0.29, 0.717) is 10.6 Å². The summed E-state index contributed by atoms with van der Waals surface area (Å²) in [5.74, 6) is -0.694. The van der Waals surface area contributed by atoms with Gasteiger partial charge in [0.25, 0.3) is 5.91 Å². The van der Waals surface area contributed by atoms with Gasteiger partial charge in [0.1, 0.15) is 5.00 Å². The summed E-state index contributed by atoms with van der Waals surface area (Å²) in [4.78, 5) is 38.6. The van der Waals surface area contributed by atoms with E-state index in [-0.39, 0.29) is 18.9 Å². The molecule has 30 heavy (non-hydrogen) atoms. The normalized spacial score (nSPS) is 13.2. The number of nitrogens with one attached hydrogen (secondary N) is 2. The van der Waals surface area contributed by atoms with E-state index in [1.807, 2.05) is 32.0 Å². The average Bonchev–Trinajstić information content (AvgIpc) is 2.85. The molecule has 0 atom stereocenters. The van der Waals surface area contributed by atoms with Crippen molar-refractivity contribution in [2.24, 2.45) is 0 Å². The second kappa shape index (κ2) is 9.89. The Labute approximate surface area is 181 Å². The largest absolute Gasteiger partial charge is 0.450 e. The van der Waals surface area contributed by atoms with Gasteiger partial charge < -0.3 is 10.1 Å². The topological polar surface area (TPSA) is 84.5 Å². The van der Waals surface area contributed by atoms with E-state index >= 15 is 0 Å². The number of rotatable bonds is 5. The number of alkyl carbamates (subject to hydrolysis) is 1. The van der Waals surface area contributed by atoms with E-state index in [1.165, 1.54) is 11.3 Å². The Bertz CT molecular complexity index is 964. The van der Waals surface area contributed by atoms with Crippen LogP contribution in [0.25, 0.3) is 0 Å². The standard InChI is InChI=1S/C23H28N2O4S/c1-4-29-23(28)25-21(27)20-17-8-6-5-7-9-18(17)30-22(20)24-19(26)13-16-12-14(2)10-11-15(16)3/h10-12H,4-9,13H2,1-3H3,(H,24,26)(H,25,27,28). The Balaban J connectivity index is 1.86. The Morgan fingerprint density at radius 2 is 1.87 bits per heavy atom. The molecule has 1 aliphatic carbocycles. The third-order valence-corrected chi connectivity index (χ3v) is 6.46. The van der Waals surface area contributed by atoms with Crippen molar-refractivity contribution in [3.05, 3.63) is 50.9 Å². The molecular formula is C23H28N2O4S. The summed E-state index contributed by atoms with van der Waals surface area (Å²) in [6, 6.07) is 6.03. The molecule has 2 aromatic rings. The highest BCUT2D eigenvalue weighted by Gasteiger charge is 2.27. The van der Waals surface area contributed by atoms with E-state index in [4.69, 9.17) is 4.74 Å². The predicted octanol–water partition coefficient (Wildman–Crippen LogP) is 4.70. The summed E-state index contributed by atoms with van der Waals surface area (Å²) in [6.07, 6.45) is 4.26. The SMILES string of the molecule is CCOC(=O)NC(=O)c1c(NC(=O)Cc2cc(C)ccc2C)sc2c1CCCCC2. The van der Waals surface area contributed by atoms with E-state index in [1.54, 1.807) is 6.92 Å². The van der Waals surface area contributed by atoms with Gasteiger partial charge in [-0.15, -0.1) is 11.3 Å². The first-order valence-electron chi connectivity index (χ1n) is 10.4. The lowest BCUT2D eigenvalue weighted by molar-refractivity contribution is -0.115. The Morgan fingerprint density at radius 3 is 2.63 bits per heavy atom. The van der Waals surface area contributed by atoms with Gasteiger partial charge in [0, 0.05) is 4.88 Å². The van der Waals surface area contributed by atoms with Crippen LogP contribution in [0.3, 0.4) is 0 Å². The number of thiophene rings is 1. The summed E-state index contributed by atoms with van der Waals surface area (Å²) in [5.41, 5.74) is 4.46. The molecule has 0 fully saturated rings. The van der Waals surface area contributed by atoms with Crippen LogP contribution >= 0.6 is 11.3 Å². The molecule has 0 spiro atoms.